The van der Waals surface area contributed by atoms with Gasteiger partial charge in [-0.3, -0.25) is 9.69 Å². The number of rotatable bonds is 4. The minimum atomic E-state index is -4.57. The third-order valence-corrected chi connectivity index (χ3v) is 5.81. The van der Waals surface area contributed by atoms with E-state index in [1.54, 1.807) is 4.90 Å². The first-order valence-electron chi connectivity index (χ1n) is 9.50. The van der Waals surface area contributed by atoms with Crippen LogP contribution in [0.15, 0.2) is 12.1 Å². The van der Waals surface area contributed by atoms with Crippen molar-refractivity contribution in [2.75, 3.05) is 45.1 Å². The molecule has 0 spiro atoms. The number of morpholine rings is 1. The Balaban J connectivity index is 1.53. The number of anilines is 1. The van der Waals surface area contributed by atoms with Gasteiger partial charge in [0.2, 0.25) is 5.91 Å². The van der Waals surface area contributed by atoms with Crippen LogP contribution in [-0.4, -0.2) is 61.1 Å². The zero-order chi connectivity index (χ0) is 20.3. The minimum absolute atomic E-state index is 0.0399. The molecule has 2 fully saturated rings. The van der Waals surface area contributed by atoms with Crippen LogP contribution in [0.25, 0.3) is 0 Å². The second-order valence-electron chi connectivity index (χ2n) is 7.30. The Morgan fingerprint density at radius 3 is 2.43 bits per heavy atom. The van der Waals surface area contributed by atoms with Crippen LogP contribution < -0.4 is 5.73 Å². The average Bonchev–Trinajstić information content (AvgIpc) is 2.68. The van der Waals surface area contributed by atoms with E-state index in [1.807, 2.05) is 0 Å². The zero-order valence-corrected chi connectivity index (χ0v) is 16.4. The van der Waals surface area contributed by atoms with E-state index >= 15 is 0 Å². The van der Waals surface area contributed by atoms with Crippen molar-refractivity contribution in [2.24, 2.45) is 0 Å². The number of halogens is 4. The number of likely N-dealkylation sites (tertiary alicyclic amines) is 1. The molecule has 2 N–H and O–H groups in total. The summed E-state index contributed by atoms with van der Waals surface area (Å²) in [4.78, 5) is 16.7. The van der Waals surface area contributed by atoms with Crippen molar-refractivity contribution < 1.29 is 22.7 Å². The van der Waals surface area contributed by atoms with Gasteiger partial charge in [0, 0.05) is 38.6 Å². The quantitative estimate of drug-likeness (QED) is 0.761. The molecule has 1 aromatic carbocycles. The third kappa shape index (κ3) is 5.10. The number of aryl methyl sites for hydroxylation is 1. The molecule has 2 heterocycles. The summed E-state index contributed by atoms with van der Waals surface area (Å²) in [5.74, 6) is -0.0399. The summed E-state index contributed by atoms with van der Waals surface area (Å²) in [6.45, 7) is 4.72. The highest BCUT2D eigenvalue weighted by molar-refractivity contribution is 6.33. The molecule has 5 nitrogen and oxygen atoms in total. The van der Waals surface area contributed by atoms with Gasteiger partial charge < -0.3 is 15.4 Å². The Labute approximate surface area is 167 Å². The summed E-state index contributed by atoms with van der Waals surface area (Å²) in [6, 6.07) is 2.86. The van der Waals surface area contributed by atoms with Crippen molar-refractivity contribution in [3.63, 3.8) is 0 Å². The number of nitrogen functional groups attached to an aromatic ring is 1. The molecule has 0 bridgehead atoms. The van der Waals surface area contributed by atoms with Crippen LogP contribution in [0.3, 0.4) is 0 Å². The van der Waals surface area contributed by atoms with Crippen molar-refractivity contribution in [2.45, 2.75) is 37.9 Å². The molecular weight excluding hydrogens is 395 g/mol. The lowest BCUT2D eigenvalue weighted by Gasteiger charge is -2.40. The van der Waals surface area contributed by atoms with Gasteiger partial charge in [-0.25, -0.2) is 0 Å². The lowest BCUT2D eigenvalue weighted by Crippen LogP contribution is -2.50. The highest BCUT2D eigenvalue weighted by Gasteiger charge is 2.34. The van der Waals surface area contributed by atoms with E-state index < -0.39 is 17.4 Å². The summed E-state index contributed by atoms with van der Waals surface area (Å²) in [5, 5.41) is -0.136. The Morgan fingerprint density at radius 1 is 1.18 bits per heavy atom. The van der Waals surface area contributed by atoms with Crippen molar-refractivity contribution in [3.05, 3.63) is 28.3 Å². The van der Waals surface area contributed by atoms with Crippen LogP contribution in [-0.2, 0) is 22.1 Å². The molecule has 3 rings (SSSR count). The number of carbonyl (C=O) groups excluding carboxylic acids is 1. The summed E-state index contributed by atoms with van der Waals surface area (Å²) >= 11 is 5.84. The van der Waals surface area contributed by atoms with Gasteiger partial charge in [-0.05, 0) is 37.0 Å². The average molecular weight is 420 g/mol. The standard InChI is InChI=1S/C19H25ClF3N3O2/c20-16-12-13(11-15(18(16)24)19(21,22)23)1-2-17(27)26-5-3-14(4-6-26)25-7-9-28-10-8-25/h11-12,14H,1-10,24H2. The maximum absolute atomic E-state index is 13.1. The molecule has 0 radical (unpaired) electrons. The SMILES string of the molecule is Nc1c(Cl)cc(CCC(=O)N2CCC(N3CCOCC3)CC2)cc1C(F)(F)F. The van der Waals surface area contributed by atoms with Gasteiger partial charge in [0.05, 0.1) is 29.5 Å². The van der Waals surface area contributed by atoms with E-state index in [9.17, 15) is 18.0 Å². The molecule has 0 aromatic heterocycles. The number of nitrogens with zero attached hydrogens (tertiary/aromatic N) is 2. The number of alkyl halides is 3. The summed E-state index contributed by atoms with van der Waals surface area (Å²) in [6.07, 6.45) is -2.39. The molecule has 2 saturated heterocycles. The highest BCUT2D eigenvalue weighted by atomic mass is 35.5. The van der Waals surface area contributed by atoms with E-state index in [1.165, 1.54) is 6.07 Å². The van der Waals surface area contributed by atoms with E-state index in [4.69, 9.17) is 22.1 Å². The number of hydrogen-bond donors (Lipinski definition) is 1. The molecule has 0 saturated carbocycles. The molecule has 2 aliphatic rings. The van der Waals surface area contributed by atoms with Crippen molar-refractivity contribution in [1.29, 1.82) is 0 Å². The van der Waals surface area contributed by atoms with Crippen LogP contribution in [0.1, 0.15) is 30.4 Å². The van der Waals surface area contributed by atoms with Crippen molar-refractivity contribution in [3.8, 4) is 0 Å². The van der Waals surface area contributed by atoms with E-state index in [0.717, 1.165) is 45.2 Å². The monoisotopic (exact) mass is 419 g/mol. The number of hydrogen-bond acceptors (Lipinski definition) is 4. The Bertz CT molecular complexity index is 700. The van der Waals surface area contributed by atoms with Crippen LogP contribution >= 0.6 is 11.6 Å². The second kappa shape index (κ2) is 8.88. The second-order valence-corrected chi connectivity index (χ2v) is 7.70. The molecule has 1 aromatic rings. The first-order valence-corrected chi connectivity index (χ1v) is 9.88. The van der Waals surface area contributed by atoms with Crippen LogP contribution in [0.5, 0.6) is 0 Å². The molecule has 2 aliphatic heterocycles. The minimum Gasteiger partial charge on any atom is -0.397 e. The molecule has 0 unspecified atom stereocenters. The van der Waals surface area contributed by atoms with E-state index in [2.05, 4.69) is 4.90 Å². The molecule has 28 heavy (non-hydrogen) atoms. The number of nitrogens with two attached hydrogens (primary N) is 1. The maximum atomic E-state index is 13.1. The summed E-state index contributed by atoms with van der Waals surface area (Å²) in [5.41, 5.74) is 4.38. The zero-order valence-electron chi connectivity index (χ0n) is 15.6. The van der Waals surface area contributed by atoms with E-state index in [-0.39, 0.29) is 23.8 Å². The fourth-order valence-corrected chi connectivity index (χ4v) is 4.13. The van der Waals surface area contributed by atoms with Gasteiger partial charge in [0.1, 0.15) is 0 Å². The van der Waals surface area contributed by atoms with Gasteiger partial charge in [0.25, 0.3) is 0 Å². The van der Waals surface area contributed by atoms with Gasteiger partial charge >= 0.3 is 6.18 Å². The number of carbonyl (C=O) groups is 1. The number of piperidine rings is 1. The number of amides is 1. The van der Waals surface area contributed by atoms with Crippen molar-refractivity contribution >= 4 is 23.2 Å². The molecule has 9 heteroatoms. The number of ether oxygens (including phenoxy) is 1. The Hall–Kier alpha value is -1.51. The number of benzene rings is 1. The molecule has 0 atom stereocenters. The molecule has 1 amide bonds. The topological polar surface area (TPSA) is 58.8 Å². The predicted molar refractivity (Wildman–Crippen MR) is 101 cm³/mol. The summed E-state index contributed by atoms with van der Waals surface area (Å²) in [7, 11) is 0. The first kappa shape index (κ1) is 21.2. The predicted octanol–water partition coefficient (Wildman–Crippen LogP) is 3.20. The van der Waals surface area contributed by atoms with Gasteiger partial charge in [-0.2, -0.15) is 13.2 Å². The fraction of sp³-hybridized carbons (Fsp3) is 0.632. The third-order valence-electron chi connectivity index (χ3n) is 5.50. The fourth-order valence-electron chi connectivity index (χ4n) is 3.89. The van der Waals surface area contributed by atoms with E-state index in [0.29, 0.717) is 24.7 Å². The normalized spacial score (nSPS) is 19.8. The maximum Gasteiger partial charge on any atom is 0.418 e. The highest BCUT2D eigenvalue weighted by Crippen LogP contribution is 2.38. The smallest absolute Gasteiger partial charge is 0.397 e. The van der Waals surface area contributed by atoms with Crippen LogP contribution in [0, 0.1) is 0 Å². The largest absolute Gasteiger partial charge is 0.418 e. The summed E-state index contributed by atoms with van der Waals surface area (Å²) < 4.78 is 44.6. The molecule has 156 valence electrons. The van der Waals surface area contributed by atoms with Crippen LogP contribution in [0.4, 0.5) is 18.9 Å². The van der Waals surface area contributed by atoms with Gasteiger partial charge in [0.15, 0.2) is 0 Å². The molecular formula is C19H25ClF3N3O2. The van der Waals surface area contributed by atoms with Gasteiger partial charge in [-0.15, -0.1) is 0 Å². The van der Waals surface area contributed by atoms with Crippen molar-refractivity contribution in [1.82, 2.24) is 9.80 Å². The first-order chi connectivity index (χ1) is 13.3. The van der Waals surface area contributed by atoms with Gasteiger partial charge in [-0.1, -0.05) is 11.6 Å². The Morgan fingerprint density at radius 2 is 1.82 bits per heavy atom. The lowest BCUT2D eigenvalue weighted by atomic mass is 10.0. The van der Waals surface area contributed by atoms with Crippen LogP contribution in [0.2, 0.25) is 5.02 Å². The molecule has 0 aliphatic carbocycles. The lowest BCUT2D eigenvalue weighted by molar-refractivity contribution is -0.137. The Kier molecular flexibility index (Phi) is 6.73.